The second kappa shape index (κ2) is 5.29. The second-order valence-electron chi connectivity index (χ2n) is 2.79. The first-order valence-corrected chi connectivity index (χ1v) is 4.30. The Labute approximate surface area is 82.5 Å². The number of hydrogen-bond acceptors (Lipinski definition) is 4. The highest BCUT2D eigenvalue weighted by Crippen LogP contribution is 1.95. The molecule has 1 rings (SSSR count). The molecule has 0 fully saturated rings. The monoisotopic (exact) mass is 195 g/mol. The Hall–Kier alpha value is -1.49. The predicted octanol–water partition coefficient (Wildman–Crippen LogP) is 0.161. The van der Waals surface area contributed by atoms with Gasteiger partial charge in [0.05, 0.1) is 6.61 Å². The van der Waals surface area contributed by atoms with E-state index in [-0.39, 0.29) is 5.91 Å². The summed E-state index contributed by atoms with van der Waals surface area (Å²) in [6.45, 7) is 2.79. The van der Waals surface area contributed by atoms with Crippen LogP contribution in [0, 0.1) is 6.92 Å². The number of rotatable bonds is 4. The average Bonchev–Trinajstić information content (AvgIpc) is 2.18. The van der Waals surface area contributed by atoms with Crippen LogP contribution < -0.4 is 5.32 Å². The maximum atomic E-state index is 11.4. The Morgan fingerprint density at radius 2 is 2.36 bits per heavy atom. The summed E-state index contributed by atoms with van der Waals surface area (Å²) in [7, 11) is 1.58. The predicted molar refractivity (Wildman–Crippen MR) is 51.0 cm³/mol. The normalized spacial score (nSPS) is 9.86. The largest absolute Gasteiger partial charge is 0.383 e. The third-order valence-electron chi connectivity index (χ3n) is 1.63. The highest BCUT2D eigenvalue weighted by molar-refractivity contribution is 5.92. The molecule has 0 atom stereocenters. The molecular weight excluding hydrogens is 182 g/mol. The van der Waals surface area contributed by atoms with Gasteiger partial charge in [-0.05, 0) is 13.0 Å². The molecule has 1 aromatic rings. The quantitative estimate of drug-likeness (QED) is 0.695. The molecule has 0 bridgehead atoms. The minimum atomic E-state index is -0.201. The van der Waals surface area contributed by atoms with E-state index in [2.05, 4.69) is 15.3 Å². The van der Waals surface area contributed by atoms with Gasteiger partial charge in [-0.15, -0.1) is 0 Å². The topological polar surface area (TPSA) is 64.1 Å². The summed E-state index contributed by atoms with van der Waals surface area (Å²) >= 11 is 0. The lowest BCUT2D eigenvalue weighted by Crippen LogP contribution is -2.27. The number of carbonyl (C=O) groups excluding carboxylic acids is 1. The van der Waals surface area contributed by atoms with E-state index in [0.717, 1.165) is 5.69 Å². The summed E-state index contributed by atoms with van der Waals surface area (Å²) in [6, 6.07) is 1.64. The zero-order valence-corrected chi connectivity index (χ0v) is 8.28. The van der Waals surface area contributed by atoms with Crippen molar-refractivity contribution in [3.63, 3.8) is 0 Å². The summed E-state index contributed by atoms with van der Waals surface area (Å²) in [4.78, 5) is 19.2. The minimum Gasteiger partial charge on any atom is -0.383 e. The van der Waals surface area contributed by atoms with Crippen LogP contribution in [0.1, 0.15) is 16.2 Å². The molecule has 0 saturated heterocycles. The summed E-state index contributed by atoms with van der Waals surface area (Å²) in [6.07, 6.45) is 1.38. The van der Waals surface area contributed by atoms with Crippen LogP contribution in [0.3, 0.4) is 0 Å². The number of nitrogens with zero attached hydrogens (tertiary/aromatic N) is 2. The van der Waals surface area contributed by atoms with Crippen molar-refractivity contribution >= 4 is 5.91 Å². The SMILES string of the molecule is COCCNC(=O)c1cc(C)ncn1. The number of hydrogen-bond donors (Lipinski definition) is 1. The smallest absolute Gasteiger partial charge is 0.270 e. The molecule has 14 heavy (non-hydrogen) atoms. The maximum absolute atomic E-state index is 11.4. The van der Waals surface area contributed by atoms with E-state index in [9.17, 15) is 4.79 Å². The van der Waals surface area contributed by atoms with Gasteiger partial charge in [-0.3, -0.25) is 4.79 Å². The first kappa shape index (κ1) is 10.6. The molecule has 0 radical (unpaired) electrons. The van der Waals surface area contributed by atoms with Gasteiger partial charge < -0.3 is 10.1 Å². The molecule has 0 aliphatic heterocycles. The Balaban J connectivity index is 2.52. The molecule has 0 aliphatic carbocycles. The van der Waals surface area contributed by atoms with Gasteiger partial charge in [-0.2, -0.15) is 0 Å². The van der Waals surface area contributed by atoms with Gasteiger partial charge in [0.1, 0.15) is 12.0 Å². The molecule has 0 spiro atoms. The van der Waals surface area contributed by atoms with E-state index >= 15 is 0 Å². The fourth-order valence-corrected chi connectivity index (χ4v) is 0.936. The molecule has 0 saturated carbocycles. The maximum Gasteiger partial charge on any atom is 0.270 e. The number of nitrogens with one attached hydrogen (secondary N) is 1. The highest BCUT2D eigenvalue weighted by atomic mass is 16.5. The van der Waals surface area contributed by atoms with Crippen LogP contribution in [0.25, 0.3) is 0 Å². The van der Waals surface area contributed by atoms with Crippen molar-refractivity contribution in [1.82, 2.24) is 15.3 Å². The van der Waals surface area contributed by atoms with Crippen LogP contribution in [0.2, 0.25) is 0 Å². The van der Waals surface area contributed by atoms with E-state index in [0.29, 0.717) is 18.8 Å². The van der Waals surface area contributed by atoms with Crippen LogP contribution >= 0.6 is 0 Å². The molecule has 76 valence electrons. The lowest BCUT2D eigenvalue weighted by molar-refractivity contribution is 0.0932. The Kier molecular flexibility index (Phi) is 4.00. The van der Waals surface area contributed by atoms with Gasteiger partial charge in [-0.1, -0.05) is 0 Å². The van der Waals surface area contributed by atoms with Gasteiger partial charge in [0, 0.05) is 19.3 Å². The molecule has 1 aromatic heterocycles. The number of amides is 1. The lowest BCUT2D eigenvalue weighted by atomic mass is 10.3. The molecule has 5 heteroatoms. The average molecular weight is 195 g/mol. The van der Waals surface area contributed by atoms with Crippen molar-refractivity contribution in [1.29, 1.82) is 0 Å². The number of aromatic nitrogens is 2. The Morgan fingerprint density at radius 1 is 1.57 bits per heavy atom. The molecule has 0 unspecified atom stereocenters. The van der Waals surface area contributed by atoms with Crippen LogP contribution in [-0.4, -0.2) is 36.1 Å². The molecule has 5 nitrogen and oxygen atoms in total. The van der Waals surface area contributed by atoms with Gasteiger partial charge >= 0.3 is 0 Å². The first-order chi connectivity index (χ1) is 6.74. The third kappa shape index (κ3) is 3.10. The van der Waals surface area contributed by atoms with Gasteiger partial charge in [-0.25, -0.2) is 9.97 Å². The second-order valence-corrected chi connectivity index (χ2v) is 2.79. The van der Waals surface area contributed by atoms with E-state index < -0.39 is 0 Å². The summed E-state index contributed by atoms with van der Waals surface area (Å²) in [5.41, 5.74) is 1.16. The van der Waals surface area contributed by atoms with E-state index in [4.69, 9.17) is 4.74 Å². The van der Waals surface area contributed by atoms with Gasteiger partial charge in [0.2, 0.25) is 0 Å². The summed E-state index contributed by atoms with van der Waals surface area (Å²) in [5.74, 6) is -0.201. The van der Waals surface area contributed by atoms with E-state index in [1.54, 1.807) is 13.2 Å². The number of carbonyl (C=O) groups is 1. The fraction of sp³-hybridized carbons (Fsp3) is 0.444. The van der Waals surface area contributed by atoms with Crippen molar-refractivity contribution in [2.75, 3.05) is 20.3 Å². The van der Waals surface area contributed by atoms with Crippen LogP contribution in [0.15, 0.2) is 12.4 Å². The zero-order chi connectivity index (χ0) is 10.4. The molecule has 0 aliphatic rings. The summed E-state index contributed by atoms with van der Waals surface area (Å²) < 4.78 is 4.80. The fourth-order valence-electron chi connectivity index (χ4n) is 0.936. The van der Waals surface area contributed by atoms with Crippen LogP contribution in [0.5, 0.6) is 0 Å². The first-order valence-electron chi connectivity index (χ1n) is 4.30. The number of ether oxygens (including phenoxy) is 1. The third-order valence-corrected chi connectivity index (χ3v) is 1.63. The van der Waals surface area contributed by atoms with Crippen molar-refractivity contribution in [3.05, 3.63) is 23.8 Å². The van der Waals surface area contributed by atoms with E-state index in [1.165, 1.54) is 6.33 Å². The van der Waals surface area contributed by atoms with Crippen LogP contribution in [-0.2, 0) is 4.74 Å². The van der Waals surface area contributed by atoms with Crippen molar-refractivity contribution in [3.8, 4) is 0 Å². The molecule has 1 heterocycles. The van der Waals surface area contributed by atoms with Gasteiger partial charge in [0.25, 0.3) is 5.91 Å². The molecule has 1 amide bonds. The molecule has 0 aromatic carbocycles. The molecule has 1 N–H and O–H groups in total. The lowest BCUT2D eigenvalue weighted by Gasteiger charge is -2.03. The van der Waals surface area contributed by atoms with E-state index in [1.807, 2.05) is 6.92 Å². The molecular formula is C9H13N3O2. The summed E-state index contributed by atoms with van der Waals surface area (Å²) in [5, 5.41) is 2.67. The zero-order valence-electron chi connectivity index (χ0n) is 8.28. The minimum absolute atomic E-state index is 0.201. The van der Waals surface area contributed by atoms with Crippen LogP contribution in [0.4, 0.5) is 0 Å². The van der Waals surface area contributed by atoms with Gasteiger partial charge in [0.15, 0.2) is 0 Å². The highest BCUT2D eigenvalue weighted by Gasteiger charge is 2.05. The van der Waals surface area contributed by atoms with Crippen molar-refractivity contribution < 1.29 is 9.53 Å². The Bertz CT molecular complexity index is 315. The number of methoxy groups -OCH3 is 1. The van der Waals surface area contributed by atoms with Crippen molar-refractivity contribution in [2.45, 2.75) is 6.92 Å². The standard InChI is InChI=1S/C9H13N3O2/c1-7-5-8(12-6-11-7)9(13)10-3-4-14-2/h5-6H,3-4H2,1-2H3,(H,10,13). The van der Waals surface area contributed by atoms with Crippen molar-refractivity contribution in [2.24, 2.45) is 0 Å². The Morgan fingerprint density at radius 3 is 3.00 bits per heavy atom. The number of aryl methyl sites for hydroxylation is 1.